The van der Waals surface area contributed by atoms with E-state index in [1.165, 1.54) is 17.0 Å². The van der Waals surface area contributed by atoms with Gasteiger partial charge in [-0.25, -0.2) is 4.39 Å². The van der Waals surface area contributed by atoms with Crippen LogP contribution in [-0.2, 0) is 4.79 Å². The van der Waals surface area contributed by atoms with Gasteiger partial charge >= 0.3 is 6.18 Å². The monoisotopic (exact) mass is 276 g/mol. The Morgan fingerprint density at radius 1 is 1.37 bits per heavy atom. The molecule has 1 aromatic heterocycles. The van der Waals surface area contributed by atoms with Crippen molar-refractivity contribution in [1.29, 1.82) is 0 Å². The minimum absolute atomic E-state index is 0.0181. The molecular weight excluding hydrogens is 264 g/mol. The van der Waals surface area contributed by atoms with Gasteiger partial charge in [-0.3, -0.25) is 9.78 Å². The second-order valence-electron chi connectivity index (χ2n) is 4.51. The lowest BCUT2D eigenvalue weighted by molar-refractivity contribution is -0.151. The molecule has 0 atom stereocenters. The zero-order valence-electron chi connectivity index (χ0n) is 9.95. The van der Waals surface area contributed by atoms with E-state index < -0.39 is 30.7 Å². The van der Waals surface area contributed by atoms with Crippen LogP contribution in [0.3, 0.4) is 0 Å². The van der Waals surface area contributed by atoms with Crippen LogP contribution in [0.2, 0.25) is 0 Å². The molecule has 1 amide bonds. The lowest BCUT2D eigenvalue weighted by atomic mass is 9.95. The Balaban J connectivity index is 1.79. The molecule has 0 aromatic carbocycles. The predicted molar refractivity (Wildman–Crippen MR) is 58.8 cm³/mol. The highest BCUT2D eigenvalue weighted by Gasteiger charge is 2.35. The zero-order valence-corrected chi connectivity index (χ0v) is 9.95. The van der Waals surface area contributed by atoms with Crippen LogP contribution in [0.15, 0.2) is 18.3 Å². The van der Waals surface area contributed by atoms with Crippen LogP contribution < -0.4 is 0 Å². The maximum atomic E-state index is 12.7. The van der Waals surface area contributed by atoms with Crippen LogP contribution in [0.25, 0.3) is 0 Å². The molecule has 7 heteroatoms. The van der Waals surface area contributed by atoms with Crippen molar-refractivity contribution in [3.8, 4) is 0 Å². The number of carbonyl (C=O) groups is 1. The molecule has 104 valence electrons. The molecule has 1 saturated heterocycles. The standard InChI is InChI=1S/C12H12F4N2O/c13-9-1-2-10(17-5-9)8-6-18(7-8)11(19)3-4-12(14,15)16/h1-2,5,8H,3-4,6-7H2. The van der Waals surface area contributed by atoms with Crippen LogP contribution in [0.4, 0.5) is 17.6 Å². The van der Waals surface area contributed by atoms with Gasteiger partial charge in [0.1, 0.15) is 5.82 Å². The number of hydrogen-bond donors (Lipinski definition) is 0. The summed E-state index contributed by atoms with van der Waals surface area (Å²) in [5.74, 6) is -0.965. The minimum atomic E-state index is -4.31. The van der Waals surface area contributed by atoms with Gasteiger partial charge in [0.2, 0.25) is 5.91 Å². The number of nitrogens with zero attached hydrogens (tertiary/aromatic N) is 2. The Bertz CT molecular complexity index is 452. The molecule has 0 bridgehead atoms. The zero-order chi connectivity index (χ0) is 14.0. The second kappa shape index (κ2) is 5.14. The van der Waals surface area contributed by atoms with Gasteiger partial charge in [0, 0.05) is 31.1 Å². The highest BCUT2D eigenvalue weighted by Crippen LogP contribution is 2.28. The molecular formula is C12H12F4N2O. The van der Waals surface area contributed by atoms with Gasteiger partial charge in [-0.05, 0) is 12.1 Å². The summed E-state index contributed by atoms with van der Waals surface area (Å²) in [7, 11) is 0. The predicted octanol–water partition coefficient (Wildman–Crippen LogP) is 2.49. The highest BCUT2D eigenvalue weighted by atomic mass is 19.4. The Hall–Kier alpha value is -1.66. The molecule has 0 unspecified atom stereocenters. The Morgan fingerprint density at radius 3 is 2.58 bits per heavy atom. The molecule has 0 radical (unpaired) electrons. The Labute approximate surface area is 107 Å². The first-order valence-electron chi connectivity index (χ1n) is 5.81. The average Bonchev–Trinajstić information content (AvgIpc) is 2.26. The van der Waals surface area contributed by atoms with Gasteiger partial charge in [-0.2, -0.15) is 13.2 Å². The number of carbonyl (C=O) groups excluding carboxylic acids is 1. The molecule has 0 aliphatic carbocycles. The van der Waals surface area contributed by atoms with Crippen molar-refractivity contribution in [2.75, 3.05) is 13.1 Å². The van der Waals surface area contributed by atoms with Crippen molar-refractivity contribution in [1.82, 2.24) is 9.88 Å². The Kier molecular flexibility index (Phi) is 3.73. The lowest BCUT2D eigenvalue weighted by Gasteiger charge is -2.39. The first-order valence-corrected chi connectivity index (χ1v) is 5.81. The number of aromatic nitrogens is 1. The summed E-state index contributed by atoms with van der Waals surface area (Å²) in [5, 5.41) is 0. The summed E-state index contributed by atoms with van der Waals surface area (Å²) < 4.78 is 48.5. The number of likely N-dealkylation sites (tertiary alicyclic amines) is 1. The van der Waals surface area contributed by atoms with E-state index in [-0.39, 0.29) is 5.92 Å². The van der Waals surface area contributed by atoms with Crippen LogP contribution in [0.1, 0.15) is 24.5 Å². The fourth-order valence-electron chi connectivity index (χ4n) is 1.90. The number of alkyl halides is 3. The number of halogens is 4. The van der Waals surface area contributed by atoms with Crippen molar-refractivity contribution in [3.63, 3.8) is 0 Å². The second-order valence-corrected chi connectivity index (χ2v) is 4.51. The fraction of sp³-hybridized carbons (Fsp3) is 0.500. The molecule has 2 rings (SSSR count). The smallest absolute Gasteiger partial charge is 0.341 e. The van der Waals surface area contributed by atoms with Crippen LogP contribution >= 0.6 is 0 Å². The van der Waals surface area contributed by atoms with Gasteiger partial charge in [-0.1, -0.05) is 0 Å². The van der Waals surface area contributed by atoms with E-state index in [0.29, 0.717) is 18.8 Å². The van der Waals surface area contributed by atoms with Gasteiger partial charge < -0.3 is 4.90 Å². The summed E-state index contributed by atoms with van der Waals surface area (Å²) >= 11 is 0. The molecule has 1 aliphatic rings. The molecule has 1 aromatic rings. The topological polar surface area (TPSA) is 33.2 Å². The summed E-state index contributed by atoms with van der Waals surface area (Å²) in [4.78, 5) is 16.7. The van der Waals surface area contributed by atoms with Crippen LogP contribution in [0, 0.1) is 5.82 Å². The molecule has 1 fully saturated rings. The van der Waals surface area contributed by atoms with Crippen molar-refractivity contribution < 1.29 is 22.4 Å². The first kappa shape index (κ1) is 13.8. The first-order chi connectivity index (χ1) is 8.85. The highest BCUT2D eigenvalue weighted by molar-refractivity contribution is 5.77. The molecule has 1 aliphatic heterocycles. The van der Waals surface area contributed by atoms with Gasteiger partial charge in [-0.15, -0.1) is 0 Å². The van der Waals surface area contributed by atoms with Crippen LogP contribution in [-0.4, -0.2) is 35.1 Å². The Morgan fingerprint density at radius 2 is 2.05 bits per heavy atom. The fourth-order valence-corrected chi connectivity index (χ4v) is 1.90. The van der Waals surface area contributed by atoms with Gasteiger partial charge in [0.15, 0.2) is 0 Å². The number of rotatable bonds is 3. The number of amides is 1. The van der Waals surface area contributed by atoms with Gasteiger partial charge in [0.05, 0.1) is 12.6 Å². The third-order valence-corrected chi connectivity index (χ3v) is 3.03. The van der Waals surface area contributed by atoms with E-state index in [2.05, 4.69) is 4.98 Å². The number of hydrogen-bond acceptors (Lipinski definition) is 2. The molecule has 0 saturated carbocycles. The molecule has 3 nitrogen and oxygen atoms in total. The van der Waals surface area contributed by atoms with Crippen molar-refractivity contribution in [3.05, 3.63) is 29.8 Å². The van der Waals surface area contributed by atoms with E-state index in [1.54, 1.807) is 0 Å². The maximum Gasteiger partial charge on any atom is 0.389 e. The van der Waals surface area contributed by atoms with Gasteiger partial charge in [0.25, 0.3) is 0 Å². The van der Waals surface area contributed by atoms with E-state index in [4.69, 9.17) is 0 Å². The third-order valence-electron chi connectivity index (χ3n) is 3.03. The van der Waals surface area contributed by atoms with Crippen LogP contribution in [0.5, 0.6) is 0 Å². The van der Waals surface area contributed by atoms with Crippen molar-refractivity contribution in [2.24, 2.45) is 0 Å². The largest absolute Gasteiger partial charge is 0.389 e. The van der Waals surface area contributed by atoms with Crippen molar-refractivity contribution in [2.45, 2.75) is 24.9 Å². The van der Waals surface area contributed by atoms with Crippen molar-refractivity contribution >= 4 is 5.91 Å². The minimum Gasteiger partial charge on any atom is -0.341 e. The normalized spacial score (nSPS) is 16.3. The molecule has 19 heavy (non-hydrogen) atoms. The van der Waals surface area contributed by atoms with E-state index in [9.17, 15) is 22.4 Å². The SMILES string of the molecule is O=C(CCC(F)(F)F)N1CC(c2ccc(F)cn2)C1. The molecule has 0 N–H and O–H groups in total. The van der Waals surface area contributed by atoms with E-state index in [1.807, 2.05) is 0 Å². The summed E-state index contributed by atoms with van der Waals surface area (Å²) in [6, 6.07) is 2.80. The number of pyridine rings is 1. The average molecular weight is 276 g/mol. The lowest BCUT2D eigenvalue weighted by Crippen LogP contribution is -2.48. The third kappa shape index (κ3) is 3.65. The molecule has 2 heterocycles. The summed E-state index contributed by atoms with van der Waals surface area (Å²) in [6.45, 7) is 0.685. The maximum absolute atomic E-state index is 12.7. The molecule has 0 spiro atoms. The van der Waals surface area contributed by atoms with E-state index in [0.717, 1.165) is 6.20 Å². The summed E-state index contributed by atoms with van der Waals surface area (Å²) in [6.07, 6.45) is -4.84. The quantitative estimate of drug-likeness (QED) is 0.795. The summed E-state index contributed by atoms with van der Waals surface area (Å²) in [5.41, 5.74) is 0.654. The van der Waals surface area contributed by atoms with E-state index >= 15 is 0 Å².